The lowest BCUT2D eigenvalue weighted by Crippen LogP contribution is -2.31. The van der Waals surface area contributed by atoms with E-state index >= 15 is 0 Å². The second-order valence-corrected chi connectivity index (χ2v) is 16.2. The monoisotopic (exact) mass is 951 g/mol. The Morgan fingerprint density at radius 1 is 0.348 bits per heavy atom. The van der Waals surface area contributed by atoms with Gasteiger partial charge in [-0.15, -0.1) is 0 Å². The summed E-state index contributed by atoms with van der Waals surface area (Å²) in [5.74, 6) is -1.87. The van der Waals surface area contributed by atoms with Crippen LogP contribution in [0.1, 0.15) is 123 Å². The molecule has 4 amide bonds. The van der Waals surface area contributed by atoms with Crippen LogP contribution in [0.4, 0.5) is 0 Å². The number of nitrogens with one attached hydrogen (secondary N) is 4. The number of hydrogen-bond donors (Lipinski definition) is 6. The van der Waals surface area contributed by atoms with Gasteiger partial charge in [-0.25, -0.2) is 0 Å². The van der Waals surface area contributed by atoms with Crippen molar-refractivity contribution in [2.75, 3.05) is 132 Å². The van der Waals surface area contributed by atoms with Crippen LogP contribution in [0.3, 0.4) is 0 Å². The van der Waals surface area contributed by atoms with E-state index in [1.807, 2.05) is 0 Å². The maximum absolute atomic E-state index is 12.3. The average molecular weight is 951 g/mol. The fraction of sp³-hybridized carbons (Fsp3) is 0.870. The van der Waals surface area contributed by atoms with Crippen LogP contribution < -0.4 is 21.3 Å². The quantitative estimate of drug-likeness (QED) is 0.0477. The summed E-state index contributed by atoms with van der Waals surface area (Å²) >= 11 is 0. The number of carboxylic acids is 2. The van der Waals surface area contributed by atoms with Gasteiger partial charge in [-0.05, 0) is 32.1 Å². The summed E-state index contributed by atoms with van der Waals surface area (Å²) in [4.78, 5) is 69.3. The predicted octanol–water partition coefficient (Wildman–Crippen LogP) is 3.41. The van der Waals surface area contributed by atoms with E-state index < -0.39 is 11.9 Å². The fourth-order valence-corrected chi connectivity index (χ4v) is 5.83. The van der Waals surface area contributed by atoms with Crippen LogP contribution in [-0.2, 0) is 66.7 Å². The summed E-state index contributed by atoms with van der Waals surface area (Å²) < 4.78 is 43.4. The number of carboxylic acid groups (broad SMARTS) is 2. The summed E-state index contributed by atoms with van der Waals surface area (Å²) in [7, 11) is 0. The van der Waals surface area contributed by atoms with Gasteiger partial charge in [0.15, 0.2) is 0 Å². The summed E-state index contributed by atoms with van der Waals surface area (Å²) in [6.45, 7) is 11.9. The molecule has 0 aromatic carbocycles. The third-order valence-electron chi connectivity index (χ3n) is 10.1. The molecular weight excluding hydrogens is 865 g/mol. The maximum atomic E-state index is 12.3. The molecule has 0 aliphatic rings. The molecule has 0 atom stereocenters. The fourth-order valence-electron chi connectivity index (χ4n) is 5.83. The van der Waals surface area contributed by atoms with Crippen molar-refractivity contribution in [1.29, 1.82) is 0 Å². The normalized spacial score (nSPS) is 11.4. The van der Waals surface area contributed by atoms with E-state index in [4.69, 9.17) is 48.1 Å². The molecule has 20 heteroatoms. The first-order valence-electron chi connectivity index (χ1n) is 24.1. The zero-order valence-corrected chi connectivity index (χ0v) is 40.3. The lowest BCUT2D eigenvalue weighted by molar-refractivity contribution is -0.139. The molecule has 20 nitrogen and oxygen atoms in total. The molecule has 0 unspecified atom stereocenters. The highest BCUT2D eigenvalue weighted by atomic mass is 16.6. The van der Waals surface area contributed by atoms with Gasteiger partial charge < -0.3 is 69.4 Å². The summed E-state index contributed by atoms with van der Waals surface area (Å²) in [6.07, 6.45) is 11.5. The Bertz CT molecular complexity index is 1150. The number of carbonyl (C=O) groups is 6. The van der Waals surface area contributed by atoms with Gasteiger partial charge in [-0.1, -0.05) is 52.4 Å². The minimum atomic E-state index is -0.894. The number of ether oxygens (including phenoxy) is 8. The number of aliphatic carboxylic acids is 2. The zero-order valence-electron chi connectivity index (χ0n) is 40.3. The van der Waals surface area contributed by atoms with Gasteiger partial charge >= 0.3 is 11.9 Å². The molecular formula is C46H86N4O16. The van der Waals surface area contributed by atoms with Gasteiger partial charge in [0.05, 0.1) is 119 Å². The maximum Gasteiger partial charge on any atom is 0.305 e. The third-order valence-corrected chi connectivity index (χ3v) is 10.1. The van der Waals surface area contributed by atoms with Crippen molar-refractivity contribution in [3.63, 3.8) is 0 Å². The Labute approximate surface area is 393 Å². The van der Waals surface area contributed by atoms with Crippen molar-refractivity contribution in [1.82, 2.24) is 21.3 Å². The Kier molecular flexibility index (Phi) is 44.1. The van der Waals surface area contributed by atoms with Gasteiger partial charge in [0.1, 0.15) is 0 Å². The Hall–Kier alpha value is -3.50. The van der Waals surface area contributed by atoms with Crippen LogP contribution >= 0.6 is 0 Å². The Balaban J connectivity index is 3.60. The van der Waals surface area contributed by atoms with E-state index in [1.165, 1.54) is 0 Å². The third kappa shape index (κ3) is 47.0. The highest BCUT2D eigenvalue weighted by molar-refractivity contribution is 5.77. The van der Waals surface area contributed by atoms with Crippen molar-refractivity contribution in [2.24, 2.45) is 5.41 Å². The molecule has 0 bridgehead atoms. The van der Waals surface area contributed by atoms with Crippen LogP contribution in [-0.4, -0.2) is 178 Å². The lowest BCUT2D eigenvalue weighted by atomic mass is 9.90. The molecule has 0 aromatic rings. The number of carbonyl (C=O) groups excluding carboxylic acids is 4. The smallest absolute Gasteiger partial charge is 0.305 e. The van der Waals surface area contributed by atoms with E-state index in [0.717, 1.165) is 70.6 Å². The van der Waals surface area contributed by atoms with Crippen molar-refractivity contribution < 1.29 is 76.9 Å². The first-order chi connectivity index (χ1) is 32.0. The molecule has 0 aliphatic heterocycles. The average Bonchev–Trinajstić information content (AvgIpc) is 3.28. The molecule has 0 saturated carbocycles. The van der Waals surface area contributed by atoms with Crippen LogP contribution in [0.25, 0.3) is 0 Å². The van der Waals surface area contributed by atoms with Gasteiger partial charge in [-0.2, -0.15) is 0 Å². The van der Waals surface area contributed by atoms with Crippen LogP contribution in [0, 0.1) is 5.41 Å². The van der Waals surface area contributed by atoms with Gasteiger partial charge in [0.2, 0.25) is 23.6 Å². The molecule has 6 N–H and O–H groups in total. The van der Waals surface area contributed by atoms with Crippen molar-refractivity contribution in [3.05, 3.63) is 0 Å². The SMILES string of the molecule is CCC(C)(COCCC(=O)NCCCCCCCC(=O)NCCOCCOCCOCCC(=O)O)COCCC(=O)NCCCCCCCC(=O)NCCOCCOCCOCCC(=O)O. The highest BCUT2D eigenvalue weighted by Crippen LogP contribution is 2.22. The second-order valence-electron chi connectivity index (χ2n) is 16.2. The first kappa shape index (κ1) is 62.5. The van der Waals surface area contributed by atoms with Crippen molar-refractivity contribution in [3.8, 4) is 0 Å². The van der Waals surface area contributed by atoms with E-state index in [0.29, 0.717) is 132 Å². The summed E-state index contributed by atoms with van der Waals surface area (Å²) in [5, 5.41) is 28.6. The minimum absolute atomic E-state index is 0.00174. The second kappa shape index (κ2) is 46.6. The molecule has 0 aromatic heterocycles. The van der Waals surface area contributed by atoms with Gasteiger partial charge in [0.25, 0.3) is 0 Å². The molecule has 386 valence electrons. The molecule has 0 heterocycles. The number of amides is 4. The lowest BCUT2D eigenvalue weighted by Gasteiger charge is -2.27. The highest BCUT2D eigenvalue weighted by Gasteiger charge is 2.23. The predicted molar refractivity (Wildman–Crippen MR) is 246 cm³/mol. The molecule has 0 fully saturated rings. The topological polar surface area (TPSA) is 265 Å². The molecule has 0 saturated heterocycles. The van der Waals surface area contributed by atoms with E-state index in [-0.39, 0.29) is 67.9 Å². The Morgan fingerprint density at radius 2 is 0.636 bits per heavy atom. The standard InChI is InChI=1S/C46H86N4O16/c1-3-46(2,38-65-24-16-42(53)47-20-12-8-4-6-10-14-40(51)49-22-28-61-32-36-63-34-30-59-26-18-44(55)56)39-66-25-17-43(54)48-21-13-9-5-7-11-15-41(52)50-23-29-62-33-37-64-35-31-60-27-19-45(57)58/h3-39H2,1-2H3,(H,47,53)(H,48,54)(H,49,51)(H,50,52)(H,55,56)(H,57,58). The van der Waals surface area contributed by atoms with Crippen LogP contribution in [0.5, 0.6) is 0 Å². The number of rotatable bonds is 51. The molecule has 0 spiro atoms. The molecule has 0 rings (SSSR count). The molecule has 0 radical (unpaired) electrons. The summed E-state index contributed by atoms with van der Waals surface area (Å²) in [5.41, 5.74) is -0.223. The zero-order chi connectivity index (χ0) is 48.6. The number of unbranched alkanes of at least 4 members (excludes halogenated alkanes) is 8. The molecule has 0 aliphatic carbocycles. The van der Waals surface area contributed by atoms with Crippen LogP contribution in [0.15, 0.2) is 0 Å². The largest absolute Gasteiger partial charge is 0.481 e. The van der Waals surface area contributed by atoms with Crippen molar-refractivity contribution in [2.45, 2.75) is 123 Å². The first-order valence-corrected chi connectivity index (χ1v) is 24.1. The van der Waals surface area contributed by atoms with Crippen molar-refractivity contribution >= 4 is 35.6 Å². The van der Waals surface area contributed by atoms with Gasteiger partial charge in [-0.3, -0.25) is 28.8 Å². The Morgan fingerprint density at radius 3 is 1.00 bits per heavy atom. The number of hydrogen-bond acceptors (Lipinski definition) is 14. The summed E-state index contributed by atoms with van der Waals surface area (Å²) in [6, 6.07) is 0. The molecule has 66 heavy (non-hydrogen) atoms. The van der Waals surface area contributed by atoms with Gasteiger partial charge in [0, 0.05) is 57.3 Å². The van der Waals surface area contributed by atoms with E-state index in [2.05, 4.69) is 35.1 Å². The van der Waals surface area contributed by atoms with E-state index in [9.17, 15) is 28.8 Å². The minimum Gasteiger partial charge on any atom is -0.481 e. The van der Waals surface area contributed by atoms with E-state index in [1.54, 1.807) is 0 Å². The van der Waals surface area contributed by atoms with Crippen LogP contribution in [0.2, 0.25) is 0 Å².